The van der Waals surface area contributed by atoms with E-state index in [2.05, 4.69) is 11.4 Å². The standard InChI is InChI=1S/C19H25N3O3/c1-13-4-5-16(14(2)10-13)11-17(23)21-19(12-20)6-8-22(9-7-19)15(3)18(24)25/h4-5,10,15H,6-9,11H2,1-3H3,(H,21,23)(H,24,25). The largest absolute Gasteiger partial charge is 0.480 e. The smallest absolute Gasteiger partial charge is 0.320 e. The molecule has 2 N–H and O–H groups in total. The normalized spacial score (nSPS) is 18.2. The lowest BCUT2D eigenvalue weighted by molar-refractivity contribution is -0.143. The molecule has 1 amide bonds. The number of amides is 1. The number of carboxylic acids is 1. The van der Waals surface area contributed by atoms with Gasteiger partial charge in [0.25, 0.3) is 0 Å². The number of nitriles is 1. The van der Waals surface area contributed by atoms with Crippen LogP contribution < -0.4 is 5.32 Å². The molecule has 1 saturated heterocycles. The third-order valence-corrected chi connectivity index (χ3v) is 5.00. The first kappa shape index (κ1) is 18.9. The van der Waals surface area contributed by atoms with Crippen molar-refractivity contribution in [2.75, 3.05) is 13.1 Å². The van der Waals surface area contributed by atoms with E-state index in [1.165, 1.54) is 0 Å². The van der Waals surface area contributed by atoms with Crippen LogP contribution in [-0.4, -0.2) is 46.6 Å². The van der Waals surface area contributed by atoms with E-state index in [-0.39, 0.29) is 12.3 Å². The van der Waals surface area contributed by atoms with Gasteiger partial charge in [-0.3, -0.25) is 14.5 Å². The second-order valence-corrected chi connectivity index (χ2v) is 6.90. The van der Waals surface area contributed by atoms with Crippen molar-refractivity contribution in [3.8, 4) is 6.07 Å². The van der Waals surface area contributed by atoms with E-state index in [9.17, 15) is 14.9 Å². The van der Waals surface area contributed by atoms with Crippen LogP contribution in [0.3, 0.4) is 0 Å². The minimum Gasteiger partial charge on any atom is -0.480 e. The summed E-state index contributed by atoms with van der Waals surface area (Å²) in [6.07, 6.45) is 1.10. The molecule has 6 nitrogen and oxygen atoms in total. The predicted octanol–water partition coefficient (Wildman–Crippen LogP) is 1.79. The number of carbonyl (C=O) groups excluding carboxylic acids is 1. The number of benzene rings is 1. The van der Waals surface area contributed by atoms with Gasteiger partial charge >= 0.3 is 5.97 Å². The third-order valence-electron chi connectivity index (χ3n) is 5.00. The Bertz CT molecular complexity index is 700. The maximum atomic E-state index is 12.4. The molecule has 1 atom stereocenters. The van der Waals surface area contributed by atoms with Gasteiger partial charge in [0.2, 0.25) is 5.91 Å². The number of aryl methyl sites for hydroxylation is 2. The number of carbonyl (C=O) groups is 2. The first-order valence-corrected chi connectivity index (χ1v) is 8.51. The summed E-state index contributed by atoms with van der Waals surface area (Å²) in [5.41, 5.74) is 2.25. The number of nitrogens with one attached hydrogen (secondary N) is 1. The summed E-state index contributed by atoms with van der Waals surface area (Å²) in [7, 11) is 0. The van der Waals surface area contributed by atoms with E-state index in [0.29, 0.717) is 25.9 Å². The zero-order valence-corrected chi connectivity index (χ0v) is 15.0. The highest BCUT2D eigenvalue weighted by Gasteiger charge is 2.38. The Morgan fingerprint density at radius 3 is 2.52 bits per heavy atom. The van der Waals surface area contributed by atoms with Gasteiger partial charge in [-0.1, -0.05) is 23.8 Å². The zero-order valence-electron chi connectivity index (χ0n) is 15.0. The van der Waals surface area contributed by atoms with E-state index in [0.717, 1.165) is 16.7 Å². The minimum atomic E-state index is -0.912. The Balaban J connectivity index is 1.99. The average Bonchev–Trinajstić information content (AvgIpc) is 2.57. The average molecular weight is 343 g/mol. The molecule has 1 aliphatic rings. The molecule has 1 heterocycles. The van der Waals surface area contributed by atoms with Gasteiger partial charge in [0.05, 0.1) is 12.5 Å². The molecule has 6 heteroatoms. The number of piperidine rings is 1. The SMILES string of the molecule is Cc1ccc(CC(=O)NC2(C#N)CCN(C(C)C(=O)O)CC2)c(C)c1. The van der Waals surface area contributed by atoms with Gasteiger partial charge in [-0.2, -0.15) is 5.26 Å². The van der Waals surface area contributed by atoms with Crippen molar-refractivity contribution >= 4 is 11.9 Å². The number of hydrogen-bond acceptors (Lipinski definition) is 4. The molecule has 0 radical (unpaired) electrons. The lowest BCUT2D eigenvalue weighted by Crippen LogP contribution is -2.56. The first-order chi connectivity index (χ1) is 11.8. The maximum absolute atomic E-state index is 12.4. The van der Waals surface area contributed by atoms with E-state index < -0.39 is 17.6 Å². The van der Waals surface area contributed by atoms with Crippen molar-refractivity contribution in [1.29, 1.82) is 5.26 Å². The van der Waals surface area contributed by atoms with Crippen molar-refractivity contribution in [2.45, 2.75) is 51.6 Å². The summed E-state index contributed by atoms with van der Waals surface area (Å²) >= 11 is 0. The maximum Gasteiger partial charge on any atom is 0.320 e. The van der Waals surface area contributed by atoms with E-state index >= 15 is 0 Å². The Labute approximate surface area is 148 Å². The fraction of sp³-hybridized carbons (Fsp3) is 0.526. The Kier molecular flexibility index (Phi) is 5.81. The number of carboxylic acid groups (broad SMARTS) is 1. The van der Waals surface area contributed by atoms with Crippen LogP contribution in [0.5, 0.6) is 0 Å². The fourth-order valence-electron chi connectivity index (χ4n) is 3.24. The highest BCUT2D eigenvalue weighted by atomic mass is 16.4. The molecule has 1 unspecified atom stereocenters. The third kappa shape index (κ3) is 4.58. The number of likely N-dealkylation sites (tertiary alicyclic amines) is 1. The summed E-state index contributed by atoms with van der Waals surface area (Å²) in [5.74, 6) is -1.04. The van der Waals surface area contributed by atoms with Crippen molar-refractivity contribution in [3.05, 3.63) is 34.9 Å². The molecule has 25 heavy (non-hydrogen) atoms. The number of rotatable bonds is 5. The van der Waals surface area contributed by atoms with Crippen LogP contribution >= 0.6 is 0 Å². The number of aliphatic carboxylic acids is 1. The van der Waals surface area contributed by atoms with Gasteiger partial charge in [-0.05, 0) is 44.7 Å². The van der Waals surface area contributed by atoms with Crippen LogP contribution in [0.25, 0.3) is 0 Å². The molecule has 0 aromatic heterocycles. The van der Waals surface area contributed by atoms with Crippen LogP contribution in [0.1, 0.15) is 36.5 Å². The highest BCUT2D eigenvalue weighted by Crippen LogP contribution is 2.23. The van der Waals surface area contributed by atoms with E-state index in [1.54, 1.807) is 6.92 Å². The molecular weight excluding hydrogens is 318 g/mol. The second kappa shape index (κ2) is 7.66. The van der Waals surface area contributed by atoms with Gasteiger partial charge in [0.15, 0.2) is 0 Å². The van der Waals surface area contributed by atoms with E-state index in [1.807, 2.05) is 36.9 Å². The topological polar surface area (TPSA) is 93.4 Å². The van der Waals surface area contributed by atoms with Gasteiger partial charge in [0.1, 0.15) is 11.6 Å². The molecule has 1 aromatic rings. The minimum absolute atomic E-state index is 0.173. The molecule has 1 fully saturated rings. The Morgan fingerprint density at radius 2 is 2.00 bits per heavy atom. The molecule has 1 aliphatic heterocycles. The highest BCUT2D eigenvalue weighted by molar-refractivity contribution is 5.80. The molecule has 0 saturated carbocycles. The molecule has 0 aliphatic carbocycles. The zero-order chi connectivity index (χ0) is 18.6. The lowest BCUT2D eigenvalue weighted by Gasteiger charge is -2.39. The van der Waals surface area contributed by atoms with Crippen molar-refractivity contribution < 1.29 is 14.7 Å². The van der Waals surface area contributed by atoms with Gasteiger partial charge < -0.3 is 10.4 Å². The summed E-state index contributed by atoms with van der Waals surface area (Å²) in [5, 5.41) is 21.6. The van der Waals surface area contributed by atoms with Gasteiger partial charge in [0, 0.05) is 13.1 Å². The van der Waals surface area contributed by atoms with Gasteiger partial charge in [-0.25, -0.2) is 0 Å². The van der Waals surface area contributed by atoms with Crippen molar-refractivity contribution in [3.63, 3.8) is 0 Å². The summed E-state index contributed by atoms with van der Waals surface area (Å²) < 4.78 is 0. The Hall–Kier alpha value is -2.39. The van der Waals surface area contributed by atoms with Crippen LogP contribution in [0.2, 0.25) is 0 Å². The molecule has 0 bridgehead atoms. The molecule has 2 rings (SSSR count). The molecule has 0 spiro atoms. The fourth-order valence-corrected chi connectivity index (χ4v) is 3.24. The summed E-state index contributed by atoms with van der Waals surface area (Å²) in [4.78, 5) is 25.4. The summed E-state index contributed by atoms with van der Waals surface area (Å²) in [6, 6.07) is 7.61. The van der Waals surface area contributed by atoms with Crippen LogP contribution in [0, 0.1) is 25.2 Å². The molecule has 134 valence electrons. The second-order valence-electron chi connectivity index (χ2n) is 6.90. The molecule has 1 aromatic carbocycles. The van der Waals surface area contributed by atoms with Crippen LogP contribution in [0.4, 0.5) is 0 Å². The predicted molar refractivity (Wildman–Crippen MR) is 94.0 cm³/mol. The van der Waals surface area contributed by atoms with Crippen molar-refractivity contribution in [1.82, 2.24) is 10.2 Å². The quantitative estimate of drug-likeness (QED) is 0.850. The lowest BCUT2D eigenvalue weighted by atomic mass is 9.88. The number of hydrogen-bond donors (Lipinski definition) is 2. The van der Waals surface area contributed by atoms with Crippen LogP contribution in [-0.2, 0) is 16.0 Å². The van der Waals surface area contributed by atoms with Crippen molar-refractivity contribution in [2.24, 2.45) is 0 Å². The molecular formula is C19H25N3O3. The Morgan fingerprint density at radius 1 is 1.36 bits per heavy atom. The van der Waals surface area contributed by atoms with Gasteiger partial charge in [-0.15, -0.1) is 0 Å². The number of nitrogens with zero attached hydrogens (tertiary/aromatic N) is 2. The first-order valence-electron chi connectivity index (χ1n) is 8.51. The summed E-state index contributed by atoms with van der Waals surface area (Å²) in [6.45, 7) is 6.57. The van der Waals surface area contributed by atoms with Crippen LogP contribution in [0.15, 0.2) is 18.2 Å². The monoisotopic (exact) mass is 343 g/mol. The van der Waals surface area contributed by atoms with E-state index in [4.69, 9.17) is 5.11 Å².